The summed E-state index contributed by atoms with van der Waals surface area (Å²) in [6.45, 7) is 0.925. The summed E-state index contributed by atoms with van der Waals surface area (Å²) in [5.41, 5.74) is 4.41. The van der Waals surface area contributed by atoms with Crippen molar-refractivity contribution in [1.82, 2.24) is 19.9 Å². The quantitative estimate of drug-likeness (QED) is 0.681. The van der Waals surface area contributed by atoms with Gasteiger partial charge < -0.3 is 14.9 Å². The number of hydrogen-bond donors (Lipinski definition) is 2. The summed E-state index contributed by atoms with van der Waals surface area (Å²) in [5.74, 6) is -0.0965. The van der Waals surface area contributed by atoms with Crippen LogP contribution in [0.3, 0.4) is 0 Å². The molecule has 1 aliphatic rings. The van der Waals surface area contributed by atoms with E-state index in [2.05, 4.69) is 39.2 Å². The van der Waals surface area contributed by atoms with E-state index in [1.807, 2.05) is 30.6 Å². The maximum Gasteiger partial charge on any atom is 0.270 e. The first-order chi connectivity index (χ1) is 13.8. The van der Waals surface area contributed by atoms with Crippen molar-refractivity contribution >= 4 is 16.9 Å². The molecule has 3 aromatic rings. The van der Waals surface area contributed by atoms with Crippen LogP contribution in [-0.4, -0.2) is 38.8 Å². The molecular formula is C22H21N5O. The van der Waals surface area contributed by atoms with Crippen LogP contribution in [0, 0.1) is 11.3 Å². The summed E-state index contributed by atoms with van der Waals surface area (Å²) in [5, 5.41) is 9.99. The lowest BCUT2D eigenvalue weighted by Crippen LogP contribution is -2.33. The number of carbonyl (C=O) groups is 1. The lowest BCUT2D eigenvalue weighted by molar-refractivity contribution is 0.0769. The zero-order chi connectivity index (χ0) is 19.3. The van der Waals surface area contributed by atoms with Gasteiger partial charge in [-0.25, -0.2) is 4.98 Å². The number of H-pyrrole nitrogens is 2. The average molecular weight is 371 g/mol. The maximum atomic E-state index is 13.1. The van der Waals surface area contributed by atoms with E-state index in [-0.39, 0.29) is 5.91 Å². The number of nitriles is 1. The molecule has 1 amide bonds. The van der Waals surface area contributed by atoms with E-state index in [9.17, 15) is 4.79 Å². The van der Waals surface area contributed by atoms with Crippen LogP contribution in [0.2, 0.25) is 0 Å². The van der Waals surface area contributed by atoms with Crippen molar-refractivity contribution in [3.63, 3.8) is 0 Å². The summed E-state index contributed by atoms with van der Waals surface area (Å²) in [4.78, 5) is 25.4. The van der Waals surface area contributed by atoms with Crippen LogP contribution in [0.15, 0.2) is 60.6 Å². The molecule has 3 heterocycles. The molecule has 140 valence electrons. The molecule has 0 fully saturated rings. The number of nitrogens with one attached hydrogen (secondary N) is 2. The predicted octanol–water partition coefficient (Wildman–Crippen LogP) is 4.19. The molecule has 3 aromatic heterocycles. The molecule has 1 aliphatic carbocycles. The van der Waals surface area contributed by atoms with Crippen LogP contribution in [0.1, 0.15) is 29.8 Å². The summed E-state index contributed by atoms with van der Waals surface area (Å²) >= 11 is 0. The number of rotatable bonds is 6. The molecule has 28 heavy (non-hydrogen) atoms. The number of aromatic amines is 2. The Morgan fingerprint density at radius 1 is 1.29 bits per heavy atom. The summed E-state index contributed by atoms with van der Waals surface area (Å²) in [6, 6.07) is 7.93. The Hall–Kier alpha value is -3.59. The van der Waals surface area contributed by atoms with Crippen molar-refractivity contribution in [2.45, 2.75) is 19.3 Å². The van der Waals surface area contributed by atoms with Crippen LogP contribution in [-0.2, 0) is 0 Å². The number of hydrogen-bond acceptors (Lipinski definition) is 3. The average Bonchev–Trinajstić information content (AvgIpc) is 3.40. The van der Waals surface area contributed by atoms with Crippen LogP contribution in [0.4, 0.5) is 0 Å². The predicted molar refractivity (Wildman–Crippen MR) is 108 cm³/mol. The molecule has 0 saturated carbocycles. The van der Waals surface area contributed by atoms with Crippen molar-refractivity contribution in [1.29, 1.82) is 5.26 Å². The highest BCUT2D eigenvalue weighted by Crippen LogP contribution is 2.28. The molecule has 2 N–H and O–H groups in total. The van der Waals surface area contributed by atoms with E-state index >= 15 is 0 Å². The van der Waals surface area contributed by atoms with Crippen molar-refractivity contribution in [3.8, 4) is 17.2 Å². The van der Waals surface area contributed by atoms with Gasteiger partial charge in [0.1, 0.15) is 11.3 Å². The van der Waals surface area contributed by atoms with Crippen LogP contribution in [0.5, 0.6) is 0 Å². The molecule has 0 unspecified atom stereocenters. The summed E-state index contributed by atoms with van der Waals surface area (Å²) in [7, 11) is 0. The van der Waals surface area contributed by atoms with Crippen LogP contribution >= 0.6 is 0 Å². The summed E-state index contributed by atoms with van der Waals surface area (Å²) in [6.07, 6.45) is 14.1. The van der Waals surface area contributed by atoms with Gasteiger partial charge in [-0.1, -0.05) is 18.2 Å². The van der Waals surface area contributed by atoms with Gasteiger partial charge >= 0.3 is 0 Å². The monoisotopic (exact) mass is 371 g/mol. The first-order valence-electron chi connectivity index (χ1n) is 9.39. The molecule has 4 rings (SSSR count). The molecule has 0 aliphatic heterocycles. The van der Waals surface area contributed by atoms with Gasteiger partial charge in [0, 0.05) is 42.6 Å². The van der Waals surface area contributed by atoms with Crippen molar-refractivity contribution in [2.75, 3.05) is 13.1 Å². The van der Waals surface area contributed by atoms with E-state index in [1.165, 1.54) is 0 Å². The highest BCUT2D eigenvalue weighted by Gasteiger charge is 2.19. The van der Waals surface area contributed by atoms with Crippen LogP contribution in [0.25, 0.3) is 22.2 Å². The zero-order valence-electron chi connectivity index (χ0n) is 15.5. The second kappa shape index (κ2) is 7.97. The van der Waals surface area contributed by atoms with E-state index in [1.54, 1.807) is 11.1 Å². The van der Waals surface area contributed by atoms with Gasteiger partial charge in [-0.05, 0) is 42.2 Å². The third kappa shape index (κ3) is 3.60. The Bertz CT molecular complexity index is 1100. The second-order valence-electron chi connectivity index (χ2n) is 6.79. The van der Waals surface area contributed by atoms with Gasteiger partial charge in [0.2, 0.25) is 0 Å². The fourth-order valence-corrected chi connectivity index (χ4v) is 3.50. The molecule has 0 bridgehead atoms. The Balaban J connectivity index is 1.59. The normalized spacial score (nSPS) is 13.3. The minimum absolute atomic E-state index is 0.0965. The first-order valence-corrected chi connectivity index (χ1v) is 9.39. The third-order valence-electron chi connectivity index (χ3n) is 4.91. The van der Waals surface area contributed by atoms with Crippen LogP contribution < -0.4 is 0 Å². The smallest absolute Gasteiger partial charge is 0.270 e. The minimum Gasteiger partial charge on any atom is -0.357 e. The number of allylic oxidation sites excluding steroid dienone is 2. The molecule has 0 aromatic carbocycles. The number of fused-ring (bicyclic) bond motifs is 1. The summed E-state index contributed by atoms with van der Waals surface area (Å²) < 4.78 is 0. The maximum absolute atomic E-state index is 13.1. The highest BCUT2D eigenvalue weighted by atomic mass is 16.2. The SMILES string of the molecule is N#CCCN(CC1=CCCC=C1)C(=O)c1cc(-c2ccnc3[nH]ccc23)c[nH]1. The van der Waals surface area contributed by atoms with E-state index in [0.717, 1.165) is 40.6 Å². The Labute approximate surface area is 163 Å². The zero-order valence-corrected chi connectivity index (χ0v) is 15.5. The van der Waals surface area contributed by atoms with Gasteiger partial charge in [-0.2, -0.15) is 5.26 Å². The number of aromatic nitrogens is 3. The number of nitrogens with zero attached hydrogens (tertiary/aromatic N) is 3. The minimum atomic E-state index is -0.0965. The Morgan fingerprint density at radius 3 is 3.04 bits per heavy atom. The lowest BCUT2D eigenvalue weighted by Gasteiger charge is -2.22. The van der Waals surface area contributed by atoms with Gasteiger partial charge in [0.15, 0.2) is 0 Å². The van der Waals surface area contributed by atoms with E-state index < -0.39 is 0 Å². The second-order valence-corrected chi connectivity index (χ2v) is 6.79. The molecule has 0 saturated heterocycles. The van der Waals surface area contributed by atoms with Crippen molar-refractivity contribution < 1.29 is 4.79 Å². The van der Waals surface area contributed by atoms with E-state index in [4.69, 9.17) is 5.26 Å². The Kier molecular flexibility index (Phi) is 5.07. The van der Waals surface area contributed by atoms with Gasteiger partial charge in [0.25, 0.3) is 5.91 Å². The number of carbonyl (C=O) groups excluding carboxylic acids is 1. The van der Waals surface area contributed by atoms with Crippen molar-refractivity contribution in [2.24, 2.45) is 0 Å². The van der Waals surface area contributed by atoms with Gasteiger partial charge in [-0.3, -0.25) is 4.79 Å². The fraction of sp³-hybridized carbons (Fsp3) is 0.227. The molecular weight excluding hydrogens is 350 g/mol. The lowest BCUT2D eigenvalue weighted by atomic mass is 10.1. The fourth-order valence-electron chi connectivity index (χ4n) is 3.50. The first kappa shape index (κ1) is 17.8. The van der Waals surface area contributed by atoms with Gasteiger partial charge in [0.05, 0.1) is 12.5 Å². The number of pyridine rings is 1. The highest BCUT2D eigenvalue weighted by molar-refractivity contribution is 5.97. The number of amides is 1. The molecule has 6 heteroatoms. The third-order valence-corrected chi connectivity index (χ3v) is 4.91. The topological polar surface area (TPSA) is 88.6 Å². The largest absolute Gasteiger partial charge is 0.357 e. The van der Waals surface area contributed by atoms with Crippen molar-refractivity contribution in [3.05, 3.63) is 66.3 Å². The van der Waals surface area contributed by atoms with Gasteiger partial charge in [-0.15, -0.1) is 0 Å². The molecule has 0 spiro atoms. The standard InChI is InChI=1S/C22H21N5O/c23-9-4-12-27(15-16-5-2-1-3-6-16)22(28)20-13-17(14-26-20)18-7-10-24-21-19(18)8-11-25-21/h2,5-8,10-11,13-14,26H,1,3-4,12,15H2,(H,24,25). The molecule has 0 atom stereocenters. The molecule has 0 radical (unpaired) electrons. The van der Waals surface area contributed by atoms with E-state index in [0.29, 0.717) is 25.2 Å². The molecule has 6 nitrogen and oxygen atoms in total. The Morgan fingerprint density at radius 2 is 2.21 bits per heavy atom.